The summed E-state index contributed by atoms with van der Waals surface area (Å²) < 4.78 is 2.15. The van der Waals surface area contributed by atoms with Crippen LogP contribution in [0.15, 0.2) is 36.8 Å². The summed E-state index contributed by atoms with van der Waals surface area (Å²) in [5.74, 6) is 1.46. The lowest BCUT2D eigenvalue weighted by molar-refractivity contribution is 0.269. The van der Waals surface area contributed by atoms with E-state index in [9.17, 15) is 0 Å². The fraction of sp³-hybridized carbons (Fsp3) is 0.476. The summed E-state index contributed by atoms with van der Waals surface area (Å²) >= 11 is 0. The van der Waals surface area contributed by atoms with Crippen molar-refractivity contribution in [3.8, 4) is 0 Å². The van der Waals surface area contributed by atoms with Crippen molar-refractivity contribution in [1.29, 1.82) is 0 Å². The van der Waals surface area contributed by atoms with Crippen LogP contribution in [0.3, 0.4) is 0 Å². The van der Waals surface area contributed by atoms with Crippen LogP contribution >= 0.6 is 0 Å². The summed E-state index contributed by atoms with van der Waals surface area (Å²) in [6.07, 6.45) is 12.4. The van der Waals surface area contributed by atoms with E-state index in [0.29, 0.717) is 12.0 Å². The van der Waals surface area contributed by atoms with Crippen LogP contribution in [-0.4, -0.2) is 19.4 Å². The zero-order valence-electron chi connectivity index (χ0n) is 15.7. The molecular weight excluding hydrogens is 322 g/mol. The van der Waals surface area contributed by atoms with Crippen molar-refractivity contribution < 1.29 is 0 Å². The number of aryl methyl sites for hydroxylation is 2. The van der Waals surface area contributed by atoms with E-state index in [4.69, 9.17) is 0 Å². The zero-order chi connectivity index (χ0) is 17.9. The van der Waals surface area contributed by atoms with Gasteiger partial charge >= 0.3 is 0 Å². The van der Waals surface area contributed by atoms with Gasteiger partial charge in [-0.15, -0.1) is 0 Å². The molecular formula is C21H27N5. The fourth-order valence-corrected chi connectivity index (χ4v) is 4.32. The van der Waals surface area contributed by atoms with Gasteiger partial charge in [-0.1, -0.05) is 25.3 Å². The van der Waals surface area contributed by atoms with Gasteiger partial charge in [0, 0.05) is 36.4 Å². The van der Waals surface area contributed by atoms with Crippen LogP contribution in [-0.2, 0) is 6.54 Å². The Morgan fingerprint density at radius 2 is 2.04 bits per heavy atom. The summed E-state index contributed by atoms with van der Waals surface area (Å²) in [6, 6.07) is 6.69. The van der Waals surface area contributed by atoms with Crippen molar-refractivity contribution in [3.63, 3.8) is 0 Å². The molecule has 3 aromatic heterocycles. The van der Waals surface area contributed by atoms with Gasteiger partial charge < -0.3 is 5.32 Å². The molecule has 3 aromatic rings. The molecule has 0 radical (unpaired) electrons. The van der Waals surface area contributed by atoms with Gasteiger partial charge in [0.05, 0.1) is 11.9 Å². The lowest BCUT2D eigenvalue weighted by Gasteiger charge is -2.31. The summed E-state index contributed by atoms with van der Waals surface area (Å²) in [5.41, 5.74) is 4.64. The maximum absolute atomic E-state index is 4.55. The third-order valence-corrected chi connectivity index (χ3v) is 5.53. The van der Waals surface area contributed by atoms with E-state index in [1.807, 2.05) is 31.6 Å². The number of aromatic nitrogens is 4. The Morgan fingerprint density at radius 3 is 2.81 bits per heavy atom. The van der Waals surface area contributed by atoms with Crippen LogP contribution in [0.5, 0.6) is 0 Å². The molecule has 1 aliphatic carbocycles. The highest BCUT2D eigenvalue weighted by Gasteiger charge is 2.25. The van der Waals surface area contributed by atoms with Crippen molar-refractivity contribution >= 4 is 5.78 Å². The highest BCUT2D eigenvalue weighted by molar-refractivity contribution is 5.35. The number of nitrogens with one attached hydrogen (secondary N) is 1. The summed E-state index contributed by atoms with van der Waals surface area (Å²) in [5, 5.41) is 3.81. The van der Waals surface area contributed by atoms with Crippen LogP contribution in [0.2, 0.25) is 0 Å². The number of rotatable bonds is 5. The van der Waals surface area contributed by atoms with Crippen LogP contribution < -0.4 is 5.32 Å². The van der Waals surface area contributed by atoms with E-state index in [1.54, 1.807) is 0 Å². The molecule has 5 nitrogen and oxygen atoms in total. The number of fused-ring (bicyclic) bond motifs is 1. The minimum Gasteiger partial charge on any atom is -0.304 e. The van der Waals surface area contributed by atoms with Crippen molar-refractivity contribution in [3.05, 3.63) is 59.4 Å². The summed E-state index contributed by atoms with van der Waals surface area (Å²) in [4.78, 5) is 13.4. The standard InChI is InChI=1S/C21H27N5/c1-15-11-16(2)26-19(14-24-21(26)25-15)13-23-20(17-7-4-3-5-8-17)18-9-6-10-22-12-18/h6,9-12,14,17,20,23H,3-5,7-8,13H2,1-2H3. The van der Waals surface area contributed by atoms with E-state index in [0.717, 1.165) is 23.7 Å². The Kier molecular flexibility index (Phi) is 4.98. The van der Waals surface area contributed by atoms with Crippen LogP contribution in [0, 0.1) is 19.8 Å². The molecule has 0 saturated heterocycles. The quantitative estimate of drug-likeness (QED) is 0.752. The van der Waals surface area contributed by atoms with Crippen molar-refractivity contribution in [2.45, 2.75) is 58.5 Å². The molecule has 4 rings (SSSR count). The fourth-order valence-electron chi connectivity index (χ4n) is 4.32. The summed E-state index contributed by atoms with van der Waals surface area (Å²) in [6.45, 7) is 4.91. The van der Waals surface area contributed by atoms with Gasteiger partial charge in [0.1, 0.15) is 0 Å². The Labute approximate surface area is 154 Å². The molecule has 26 heavy (non-hydrogen) atoms. The van der Waals surface area contributed by atoms with Crippen molar-refractivity contribution in [2.75, 3.05) is 0 Å². The molecule has 1 aliphatic rings. The van der Waals surface area contributed by atoms with Gasteiger partial charge in [-0.2, -0.15) is 0 Å². The van der Waals surface area contributed by atoms with Gasteiger partial charge in [0.2, 0.25) is 5.78 Å². The lowest BCUT2D eigenvalue weighted by Crippen LogP contribution is -2.30. The van der Waals surface area contributed by atoms with E-state index in [2.05, 4.69) is 43.7 Å². The molecule has 136 valence electrons. The van der Waals surface area contributed by atoms with E-state index in [-0.39, 0.29) is 0 Å². The van der Waals surface area contributed by atoms with Gasteiger partial charge in [-0.05, 0) is 50.3 Å². The average molecular weight is 349 g/mol. The Morgan fingerprint density at radius 1 is 1.19 bits per heavy atom. The van der Waals surface area contributed by atoms with Gasteiger partial charge in [-0.25, -0.2) is 9.97 Å². The Bertz CT molecular complexity index is 865. The first-order chi connectivity index (χ1) is 12.7. The molecule has 0 bridgehead atoms. The SMILES string of the molecule is Cc1cc(C)n2c(CNC(c3cccnc3)C3CCCCC3)cnc2n1. The maximum Gasteiger partial charge on any atom is 0.234 e. The second-order valence-electron chi connectivity index (χ2n) is 7.47. The Balaban J connectivity index is 1.59. The highest BCUT2D eigenvalue weighted by atomic mass is 15.1. The molecule has 0 spiro atoms. The largest absolute Gasteiger partial charge is 0.304 e. The molecule has 3 heterocycles. The molecule has 0 aromatic carbocycles. The van der Waals surface area contributed by atoms with Gasteiger partial charge in [0.15, 0.2) is 0 Å². The lowest BCUT2D eigenvalue weighted by atomic mass is 9.81. The molecule has 1 atom stereocenters. The number of nitrogens with zero attached hydrogens (tertiary/aromatic N) is 4. The predicted molar refractivity (Wildman–Crippen MR) is 103 cm³/mol. The number of hydrogen-bond acceptors (Lipinski definition) is 4. The van der Waals surface area contributed by atoms with Gasteiger partial charge in [0.25, 0.3) is 0 Å². The smallest absolute Gasteiger partial charge is 0.234 e. The number of hydrogen-bond donors (Lipinski definition) is 1. The average Bonchev–Trinajstić information content (AvgIpc) is 3.07. The van der Waals surface area contributed by atoms with E-state index in [1.165, 1.54) is 43.4 Å². The molecule has 1 fully saturated rings. The summed E-state index contributed by atoms with van der Waals surface area (Å²) in [7, 11) is 0. The van der Waals surface area contributed by atoms with E-state index < -0.39 is 0 Å². The van der Waals surface area contributed by atoms with Crippen LogP contribution in [0.1, 0.15) is 60.8 Å². The first-order valence-corrected chi connectivity index (χ1v) is 9.66. The topological polar surface area (TPSA) is 55.1 Å². The van der Waals surface area contributed by atoms with Crippen molar-refractivity contribution in [2.24, 2.45) is 5.92 Å². The maximum atomic E-state index is 4.55. The normalized spacial score (nSPS) is 16.8. The second kappa shape index (κ2) is 7.54. The molecule has 1 saturated carbocycles. The van der Waals surface area contributed by atoms with Crippen molar-refractivity contribution in [1.82, 2.24) is 24.7 Å². The molecule has 1 unspecified atom stereocenters. The minimum absolute atomic E-state index is 0.341. The monoisotopic (exact) mass is 349 g/mol. The molecule has 5 heteroatoms. The van der Waals surface area contributed by atoms with Crippen LogP contribution in [0.4, 0.5) is 0 Å². The predicted octanol–water partition coefficient (Wildman–Crippen LogP) is 4.15. The van der Waals surface area contributed by atoms with E-state index >= 15 is 0 Å². The first kappa shape index (κ1) is 17.2. The first-order valence-electron chi connectivity index (χ1n) is 9.66. The van der Waals surface area contributed by atoms with Crippen LogP contribution in [0.25, 0.3) is 5.78 Å². The highest BCUT2D eigenvalue weighted by Crippen LogP contribution is 2.34. The molecule has 0 amide bonds. The molecule has 0 aliphatic heterocycles. The molecule has 1 N–H and O–H groups in total. The number of imidazole rings is 1. The Hall–Kier alpha value is -2.27. The third kappa shape index (κ3) is 3.49. The second-order valence-corrected chi connectivity index (χ2v) is 7.47. The zero-order valence-corrected chi connectivity index (χ0v) is 15.7. The third-order valence-electron chi connectivity index (χ3n) is 5.53. The van der Waals surface area contributed by atoms with Gasteiger partial charge in [-0.3, -0.25) is 9.38 Å². The minimum atomic E-state index is 0.341. The number of pyridine rings is 1.